The molecule has 0 aliphatic carbocycles. The Morgan fingerprint density at radius 3 is 2.68 bits per heavy atom. The number of likely N-dealkylation sites (N-methyl/N-ethyl adjacent to an activating group) is 1. The molecule has 0 aliphatic heterocycles. The molecule has 0 spiro atoms. The van der Waals surface area contributed by atoms with Crippen LogP contribution in [0.2, 0.25) is 0 Å². The summed E-state index contributed by atoms with van der Waals surface area (Å²) in [4.78, 5) is 14.5. The molecule has 2 heterocycles. The topological polar surface area (TPSA) is 61.0 Å². The van der Waals surface area contributed by atoms with Crippen molar-refractivity contribution in [3.8, 4) is 11.3 Å². The number of aromatic amines is 1. The van der Waals surface area contributed by atoms with Gasteiger partial charge in [0.2, 0.25) is 0 Å². The van der Waals surface area contributed by atoms with Crippen LogP contribution < -0.4 is 5.32 Å². The van der Waals surface area contributed by atoms with E-state index in [1.165, 1.54) is 11.1 Å². The number of aromatic nitrogens is 2. The number of H-pyrrole nitrogens is 1. The Labute approximate surface area is 151 Å². The highest BCUT2D eigenvalue weighted by Gasteiger charge is 2.17. The van der Waals surface area contributed by atoms with Gasteiger partial charge in [-0.3, -0.25) is 9.89 Å². The molecule has 6 heteroatoms. The van der Waals surface area contributed by atoms with Gasteiger partial charge in [-0.1, -0.05) is 29.8 Å². The van der Waals surface area contributed by atoms with Gasteiger partial charge in [0.25, 0.3) is 5.91 Å². The van der Waals surface area contributed by atoms with Crippen LogP contribution in [0.4, 0.5) is 0 Å². The Morgan fingerprint density at radius 2 is 2.04 bits per heavy atom. The van der Waals surface area contributed by atoms with E-state index in [9.17, 15) is 4.79 Å². The number of rotatable bonds is 6. The van der Waals surface area contributed by atoms with Crippen LogP contribution in [0.3, 0.4) is 0 Å². The summed E-state index contributed by atoms with van der Waals surface area (Å²) in [5.41, 5.74) is 4.64. The predicted octanol–water partition coefficient (Wildman–Crippen LogP) is 3.48. The van der Waals surface area contributed by atoms with Gasteiger partial charge in [-0.15, -0.1) is 0 Å². The summed E-state index contributed by atoms with van der Waals surface area (Å²) in [7, 11) is 4.03. The SMILES string of the molecule is Cc1ccc(-c2cc(C(=O)NC[C@@H](c3ccsc3)N(C)C)[nH]n2)cc1. The number of nitrogens with zero attached hydrogens (tertiary/aromatic N) is 2. The van der Waals surface area contributed by atoms with E-state index in [0.29, 0.717) is 12.2 Å². The van der Waals surface area contributed by atoms with E-state index in [1.54, 1.807) is 17.4 Å². The highest BCUT2D eigenvalue weighted by Crippen LogP contribution is 2.21. The molecule has 2 N–H and O–H groups in total. The van der Waals surface area contributed by atoms with Crippen molar-refractivity contribution in [1.82, 2.24) is 20.4 Å². The fourth-order valence-electron chi connectivity index (χ4n) is 2.66. The van der Waals surface area contributed by atoms with E-state index in [2.05, 4.69) is 37.2 Å². The first kappa shape index (κ1) is 17.4. The lowest BCUT2D eigenvalue weighted by molar-refractivity contribution is 0.0937. The first-order valence-corrected chi connectivity index (χ1v) is 9.08. The second kappa shape index (κ2) is 7.63. The molecule has 1 amide bonds. The molecule has 5 nitrogen and oxygen atoms in total. The van der Waals surface area contributed by atoms with Crippen LogP contribution in [0, 0.1) is 6.92 Å². The third-order valence-electron chi connectivity index (χ3n) is 4.18. The first-order valence-electron chi connectivity index (χ1n) is 8.14. The minimum atomic E-state index is -0.145. The van der Waals surface area contributed by atoms with Gasteiger partial charge in [0.05, 0.1) is 11.7 Å². The number of hydrogen-bond acceptors (Lipinski definition) is 4. The fourth-order valence-corrected chi connectivity index (χ4v) is 3.37. The Hall–Kier alpha value is -2.44. The van der Waals surface area contributed by atoms with Crippen LogP contribution in [-0.4, -0.2) is 41.6 Å². The molecule has 1 atom stereocenters. The summed E-state index contributed by atoms with van der Waals surface area (Å²) in [6.07, 6.45) is 0. The molecule has 0 saturated heterocycles. The molecule has 1 aromatic carbocycles. The van der Waals surface area contributed by atoms with E-state index in [0.717, 1.165) is 11.3 Å². The summed E-state index contributed by atoms with van der Waals surface area (Å²) in [6.45, 7) is 2.59. The molecule has 0 radical (unpaired) electrons. The van der Waals surface area contributed by atoms with Crippen LogP contribution in [0.15, 0.2) is 47.2 Å². The van der Waals surface area contributed by atoms with Crippen molar-refractivity contribution in [3.05, 3.63) is 64.0 Å². The highest BCUT2D eigenvalue weighted by molar-refractivity contribution is 7.07. The van der Waals surface area contributed by atoms with Crippen molar-refractivity contribution in [1.29, 1.82) is 0 Å². The van der Waals surface area contributed by atoms with Crippen LogP contribution in [-0.2, 0) is 0 Å². The van der Waals surface area contributed by atoms with E-state index >= 15 is 0 Å². The Balaban J connectivity index is 1.66. The van der Waals surface area contributed by atoms with Gasteiger partial charge >= 0.3 is 0 Å². The number of carbonyl (C=O) groups excluding carboxylic acids is 1. The van der Waals surface area contributed by atoms with Gasteiger partial charge in [-0.25, -0.2) is 0 Å². The van der Waals surface area contributed by atoms with Gasteiger partial charge in [0.1, 0.15) is 5.69 Å². The maximum absolute atomic E-state index is 12.4. The van der Waals surface area contributed by atoms with Gasteiger partial charge in [-0.05, 0) is 49.5 Å². The zero-order valence-corrected chi connectivity index (χ0v) is 15.4. The molecule has 130 valence electrons. The second-order valence-electron chi connectivity index (χ2n) is 6.28. The molecule has 25 heavy (non-hydrogen) atoms. The van der Waals surface area contributed by atoms with E-state index in [-0.39, 0.29) is 11.9 Å². The number of carbonyl (C=O) groups is 1. The molecule has 3 aromatic rings. The maximum Gasteiger partial charge on any atom is 0.269 e. The third-order valence-corrected chi connectivity index (χ3v) is 4.88. The van der Waals surface area contributed by atoms with Gasteiger partial charge in [0.15, 0.2) is 0 Å². The van der Waals surface area contributed by atoms with E-state index in [1.807, 2.05) is 45.3 Å². The molecule has 0 bridgehead atoms. The number of benzene rings is 1. The van der Waals surface area contributed by atoms with Gasteiger partial charge in [0, 0.05) is 12.1 Å². The average Bonchev–Trinajstić information content (AvgIpc) is 3.27. The van der Waals surface area contributed by atoms with Gasteiger partial charge < -0.3 is 10.2 Å². The van der Waals surface area contributed by atoms with E-state index in [4.69, 9.17) is 0 Å². The number of aryl methyl sites for hydroxylation is 1. The van der Waals surface area contributed by atoms with Crippen molar-refractivity contribution in [3.63, 3.8) is 0 Å². The lowest BCUT2D eigenvalue weighted by atomic mass is 10.1. The summed E-state index contributed by atoms with van der Waals surface area (Å²) in [5, 5.41) is 14.2. The van der Waals surface area contributed by atoms with Crippen LogP contribution in [0.1, 0.15) is 27.7 Å². The van der Waals surface area contributed by atoms with Crippen molar-refractivity contribution in [2.75, 3.05) is 20.6 Å². The predicted molar refractivity (Wildman–Crippen MR) is 102 cm³/mol. The largest absolute Gasteiger partial charge is 0.349 e. The third kappa shape index (κ3) is 4.15. The Morgan fingerprint density at radius 1 is 1.28 bits per heavy atom. The zero-order chi connectivity index (χ0) is 17.8. The lowest BCUT2D eigenvalue weighted by Crippen LogP contribution is -2.34. The van der Waals surface area contributed by atoms with Crippen molar-refractivity contribution < 1.29 is 4.79 Å². The second-order valence-corrected chi connectivity index (χ2v) is 7.06. The highest BCUT2D eigenvalue weighted by atomic mass is 32.1. The summed E-state index contributed by atoms with van der Waals surface area (Å²) < 4.78 is 0. The van der Waals surface area contributed by atoms with Crippen molar-refractivity contribution >= 4 is 17.2 Å². The number of hydrogen-bond donors (Lipinski definition) is 2. The number of nitrogens with one attached hydrogen (secondary N) is 2. The smallest absolute Gasteiger partial charge is 0.269 e. The fraction of sp³-hybridized carbons (Fsp3) is 0.263. The molecule has 3 rings (SSSR count). The van der Waals surface area contributed by atoms with Crippen molar-refractivity contribution in [2.45, 2.75) is 13.0 Å². The molecule has 2 aromatic heterocycles. The van der Waals surface area contributed by atoms with Crippen LogP contribution >= 0.6 is 11.3 Å². The Bertz CT molecular complexity index is 821. The molecule has 0 saturated carbocycles. The minimum Gasteiger partial charge on any atom is -0.349 e. The molecule has 0 unspecified atom stereocenters. The summed E-state index contributed by atoms with van der Waals surface area (Å²) in [5.74, 6) is -0.145. The first-order chi connectivity index (χ1) is 12.0. The standard InChI is InChI=1S/C19H22N4OS/c1-13-4-6-14(7-5-13)16-10-17(22-21-16)19(24)20-11-18(23(2)3)15-8-9-25-12-15/h4-10,12,18H,11H2,1-3H3,(H,20,24)(H,21,22)/t18-/m0/s1. The van der Waals surface area contributed by atoms with Crippen LogP contribution in [0.25, 0.3) is 11.3 Å². The maximum atomic E-state index is 12.4. The van der Waals surface area contributed by atoms with Gasteiger partial charge in [-0.2, -0.15) is 16.4 Å². The summed E-state index contributed by atoms with van der Waals surface area (Å²) in [6, 6.07) is 12.1. The quantitative estimate of drug-likeness (QED) is 0.712. The molecule has 0 fully saturated rings. The molecular weight excluding hydrogens is 332 g/mol. The average molecular weight is 354 g/mol. The zero-order valence-electron chi connectivity index (χ0n) is 14.6. The Kier molecular flexibility index (Phi) is 5.31. The minimum absolute atomic E-state index is 0.145. The molecule has 0 aliphatic rings. The lowest BCUT2D eigenvalue weighted by Gasteiger charge is -2.23. The number of thiophene rings is 1. The van der Waals surface area contributed by atoms with E-state index < -0.39 is 0 Å². The normalized spacial score (nSPS) is 12.3. The number of amides is 1. The van der Waals surface area contributed by atoms with Crippen molar-refractivity contribution in [2.24, 2.45) is 0 Å². The summed E-state index contributed by atoms with van der Waals surface area (Å²) >= 11 is 1.66. The van der Waals surface area contributed by atoms with Crippen LogP contribution in [0.5, 0.6) is 0 Å². The molecular formula is C19H22N4OS. The monoisotopic (exact) mass is 354 g/mol.